The second kappa shape index (κ2) is 10.9. The van der Waals surface area contributed by atoms with Gasteiger partial charge in [-0.2, -0.15) is 5.10 Å². The number of nitrogens with zero attached hydrogens (tertiary/aromatic N) is 5. The summed E-state index contributed by atoms with van der Waals surface area (Å²) in [6.07, 6.45) is 3.81. The summed E-state index contributed by atoms with van der Waals surface area (Å²) < 4.78 is 27.3. The van der Waals surface area contributed by atoms with Crippen LogP contribution in [0.1, 0.15) is 30.2 Å². The fraction of sp³-hybridized carbons (Fsp3) is 0.565. The Bertz CT molecular complexity index is 898. The average molecular weight is 445 g/mol. The number of morpholine rings is 2. The quantitative estimate of drug-likeness (QED) is 0.543. The highest BCUT2D eigenvalue weighted by Crippen LogP contribution is 2.24. The zero-order chi connectivity index (χ0) is 22.3. The maximum Gasteiger partial charge on any atom is 0.194 e. The van der Waals surface area contributed by atoms with Crippen molar-refractivity contribution in [3.8, 4) is 0 Å². The number of benzene rings is 1. The van der Waals surface area contributed by atoms with Crippen molar-refractivity contribution in [2.45, 2.75) is 19.1 Å². The Morgan fingerprint density at radius 3 is 2.84 bits per heavy atom. The second-order valence-corrected chi connectivity index (χ2v) is 8.17. The van der Waals surface area contributed by atoms with Gasteiger partial charge in [-0.15, -0.1) is 0 Å². The Hall–Kier alpha value is -2.49. The Balaban J connectivity index is 1.52. The van der Waals surface area contributed by atoms with Crippen molar-refractivity contribution in [1.82, 2.24) is 24.9 Å². The number of aliphatic imine (C=N–C) groups is 1. The van der Waals surface area contributed by atoms with Crippen LogP contribution in [0.3, 0.4) is 0 Å². The van der Waals surface area contributed by atoms with Crippen LogP contribution in [-0.2, 0) is 16.5 Å². The SMILES string of the molecule is CCNC(=NCC(c1cccc(F)c1)N1CCOCC1)N1CCOC(c2cnn(C)c2)C1. The van der Waals surface area contributed by atoms with Crippen molar-refractivity contribution in [3.63, 3.8) is 0 Å². The van der Waals surface area contributed by atoms with E-state index in [1.807, 2.05) is 25.5 Å². The molecule has 0 radical (unpaired) electrons. The zero-order valence-corrected chi connectivity index (χ0v) is 18.9. The highest BCUT2D eigenvalue weighted by molar-refractivity contribution is 5.80. The largest absolute Gasteiger partial charge is 0.379 e. The van der Waals surface area contributed by atoms with Gasteiger partial charge in [-0.1, -0.05) is 12.1 Å². The van der Waals surface area contributed by atoms with Crippen LogP contribution in [0, 0.1) is 5.82 Å². The first-order chi connectivity index (χ1) is 15.6. The molecule has 2 aliphatic heterocycles. The van der Waals surface area contributed by atoms with Crippen molar-refractivity contribution >= 4 is 5.96 Å². The Kier molecular flexibility index (Phi) is 7.72. The van der Waals surface area contributed by atoms with Crippen molar-refractivity contribution in [1.29, 1.82) is 0 Å². The molecular formula is C23H33FN6O2. The molecule has 32 heavy (non-hydrogen) atoms. The molecule has 8 nitrogen and oxygen atoms in total. The molecule has 2 saturated heterocycles. The fourth-order valence-corrected chi connectivity index (χ4v) is 4.28. The predicted octanol–water partition coefficient (Wildman–Crippen LogP) is 1.97. The molecule has 1 aromatic heterocycles. The highest BCUT2D eigenvalue weighted by atomic mass is 19.1. The lowest BCUT2D eigenvalue weighted by Crippen LogP contribution is -2.48. The molecule has 1 aromatic carbocycles. The average Bonchev–Trinajstić information content (AvgIpc) is 3.26. The smallest absolute Gasteiger partial charge is 0.194 e. The number of ether oxygens (including phenoxy) is 2. The van der Waals surface area contributed by atoms with E-state index >= 15 is 0 Å². The summed E-state index contributed by atoms with van der Waals surface area (Å²) in [5.41, 5.74) is 2.01. The van der Waals surface area contributed by atoms with E-state index < -0.39 is 0 Å². The topological polar surface area (TPSA) is 67.2 Å². The molecule has 3 heterocycles. The lowest BCUT2D eigenvalue weighted by molar-refractivity contribution is -0.00823. The third-order valence-corrected chi connectivity index (χ3v) is 5.93. The van der Waals surface area contributed by atoms with Gasteiger partial charge in [0.05, 0.1) is 45.1 Å². The van der Waals surface area contributed by atoms with Crippen molar-refractivity contribution in [3.05, 3.63) is 53.6 Å². The molecule has 1 N–H and O–H groups in total. The Morgan fingerprint density at radius 2 is 2.12 bits per heavy atom. The summed E-state index contributed by atoms with van der Waals surface area (Å²) in [5, 5.41) is 7.71. The highest BCUT2D eigenvalue weighted by Gasteiger charge is 2.27. The van der Waals surface area contributed by atoms with Gasteiger partial charge in [-0.3, -0.25) is 14.6 Å². The van der Waals surface area contributed by atoms with E-state index in [0.717, 1.165) is 43.3 Å². The van der Waals surface area contributed by atoms with Crippen LogP contribution < -0.4 is 5.32 Å². The maximum absolute atomic E-state index is 14.0. The minimum Gasteiger partial charge on any atom is -0.379 e. The van der Waals surface area contributed by atoms with Gasteiger partial charge < -0.3 is 19.7 Å². The Labute approximate surface area is 189 Å². The summed E-state index contributed by atoms with van der Waals surface area (Å²) in [7, 11) is 1.91. The maximum atomic E-state index is 14.0. The number of hydrogen-bond acceptors (Lipinski definition) is 5. The number of nitrogens with one attached hydrogen (secondary N) is 1. The van der Waals surface area contributed by atoms with Crippen molar-refractivity contribution < 1.29 is 13.9 Å². The first kappa shape index (κ1) is 22.7. The van der Waals surface area contributed by atoms with Crippen molar-refractivity contribution in [2.75, 3.05) is 59.1 Å². The number of rotatable bonds is 6. The van der Waals surface area contributed by atoms with E-state index in [4.69, 9.17) is 14.5 Å². The van der Waals surface area contributed by atoms with Gasteiger partial charge in [0.25, 0.3) is 0 Å². The summed E-state index contributed by atoms with van der Waals surface area (Å²) in [6.45, 7) is 8.49. The van der Waals surface area contributed by atoms with Crippen LogP contribution in [0.4, 0.5) is 4.39 Å². The zero-order valence-electron chi connectivity index (χ0n) is 18.9. The molecule has 2 unspecified atom stereocenters. The molecule has 4 rings (SSSR count). The van der Waals surface area contributed by atoms with E-state index in [1.165, 1.54) is 6.07 Å². The minimum atomic E-state index is -0.218. The molecule has 2 aromatic rings. The van der Waals surface area contributed by atoms with Gasteiger partial charge in [0.2, 0.25) is 0 Å². The van der Waals surface area contributed by atoms with Gasteiger partial charge >= 0.3 is 0 Å². The van der Waals surface area contributed by atoms with Crippen LogP contribution in [0.2, 0.25) is 0 Å². The van der Waals surface area contributed by atoms with E-state index in [2.05, 4.69) is 27.1 Å². The number of aromatic nitrogens is 2. The first-order valence-electron chi connectivity index (χ1n) is 11.3. The van der Waals surface area contributed by atoms with Crippen LogP contribution in [-0.4, -0.2) is 84.6 Å². The molecule has 174 valence electrons. The third kappa shape index (κ3) is 5.65. The molecule has 9 heteroatoms. The van der Waals surface area contributed by atoms with E-state index in [1.54, 1.807) is 16.8 Å². The van der Waals surface area contributed by atoms with Crippen LogP contribution in [0.15, 0.2) is 41.7 Å². The van der Waals surface area contributed by atoms with E-state index in [9.17, 15) is 4.39 Å². The van der Waals surface area contributed by atoms with Gasteiger partial charge in [0.15, 0.2) is 5.96 Å². The Morgan fingerprint density at radius 1 is 1.28 bits per heavy atom. The molecule has 0 spiro atoms. The summed E-state index contributed by atoms with van der Waals surface area (Å²) in [5.74, 6) is 0.642. The number of guanidine groups is 1. The number of halogens is 1. The molecule has 2 fully saturated rings. The van der Waals surface area contributed by atoms with E-state index in [0.29, 0.717) is 32.9 Å². The molecule has 0 saturated carbocycles. The lowest BCUT2D eigenvalue weighted by atomic mass is 10.0. The van der Waals surface area contributed by atoms with Crippen LogP contribution >= 0.6 is 0 Å². The molecule has 2 atom stereocenters. The number of aryl methyl sites for hydroxylation is 1. The normalized spacial score (nSPS) is 21.5. The minimum absolute atomic E-state index is 0.00147. The molecule has 2 aliphatic rings. The molecule has 0 aliphatic carbocycles. The van der Waals surface area contributed by atoms with E-state index in [-0.39, 0.29) is 18.0 Å². The molecular weight excluding hydrogens is 411 g/mol. The number of hydrogen-bond donors (Lipinski definition) is 1. The molecule has 0 amide bonds. The van der Waals surface area contributed by atoms with Crippen LogP contribution in [0.25, 0.3) is 0 Å². The predicted molar refractivity (Wildman–Crippen MR) is 121 cm³/mol. The monoisotopic (exact) mass is 444 g/mol. The summed E-state index contributed by atoms with van der Waals surface area (Å²) >= 11 is 0. The first-order valence-corrected chi connectivity index (χ1v) is 11.3. The third-order valence-electron chi connectivity index (χ3n) is 5.93. The van der Waals surface area contributed by atoms with Gasteiger partial charge in [0, 0.05) is 45.0 Å². The summed E-state index contributed by atoms with van der Waals surface area (Å²) in [4.78, 5) is 9.58. The van der Waals surface area contributed by atoms with Gasteiger partial charge in [-0.05, 0) is 24.6 Å². The second-order valence-electron chi connectivity index (χ2n) is 8.17. The molecule has 0 bridgehead atoms. The summed E-state index contributed by atoms with van der Waals surface area (Å²) in [6, 6.07) is 6.86. The standard InChI is InChI=1S/C23H33FN6O2/c1-3-25-23(30-9-12-32-22(17-30)19-14-27-28(2)16-19)26-15-21(29-7-10-31-11-8-29)18-5-4-6-20(24)13-18/h4-6,13-14,16,21-22H,3,7-12,15,17H2,1-2H3,(H,25,26). The van der Waals surface area contributed by atoms with Gasteiger partial charge in [0.1, 0.15) is 11.9 Å². The lowest BCUT2D eigenvalue weighted by Gasteiger charge is -2.36. The van der Waals surface area contributed by atoms with Crippen LogP contribution in [0.5, 0.6) is 0 Å². The fourth-order valence-electron chi connectivity index (χ4n) is 4.28. The van der Waals surface area contributed by atoms with Crippen molar-refractivity contribution in [2.24, 2.45) is 12.0 Å². The van der Waals surface area contributed by atoms with Gasteiger partial charge in [-0.25, -0.2) is 4.39 Å².